The third kappa shape index (κ3) is 2.62. The fourth-order valence-corrected chi connectivity index (χ4v) is 2.66. The second kappa shape index (κ2) is 5.42. The predicted molar refractivity (Wildman–Crippen MR) is 89.8 cm³/mol. The summed E-state index contributed by atoms with van der Waals surface area (Å²) in [5.41, 5.74) is 8.37. The maximum Gasteiger partial charge on any atom is 0.257 e. The monoisotopic (exact) mass is 363 g/mol. The number of nitrogens with two attached hydrogens (primary N) is 1. The first-order valence-corrected chi connectivity index (χ1v) is 7.35. The lowest BCUT2D eigenvalue weighted by Gasteiger charge is -2.07. The van der Waals surface area contributed by atoms with Crippen molar-refractivity contribution in [1.29, 1.82) is 0 Å². The van der Waals surface area contributed by atoms with Crippen LogP contribution in [0.3, 0.4) is 0 Å². The standard InChI is InChI=1S/C15H11BrClN3O/c16-14-11(17)2-1-3-12(14)20-15(21)10-7-19-13-6-8(18)4-5-9(10)13/h1-7,19H,18H2,(H,20,21). The molecule has 3 rings (SSSR count). The van der Waals surface area contributed by atoms with Crippen molar-refractivity contribution in [2.75, 3.05) is 11.1 Å². The molecule has 0 aliphatic carbocycles. The molecule has 0 fully saturated rings. The summed E-state index contributed by atoms with van der Waals surface area (Å²) in [6, 6.07) is 10.7. The van der Waals surface area contributed by atoms with Crippen molar-refractivity contribution < 1.29 is 4.79 Å². The summed E-state index contributed by atoms with van der Waals surface area (Å²) in [5.74, 6) is -0.214. The summed E-state index contributed by atoms with van der Waals surface area (Å²) in [6.07, 6.45) is 1.66. The molecule has 0 saturated heterocycles. The highest BCUT2D eigenvalue weighted by Gasteiger charge is 2.14. The highest BCUT2D eigenvalue weighted by atomic mass is 79.9. The Labute approximate surface area is 134 Å². The van der Waals surface area contributed by atoms with Crippen molar-refractivity contribution in [2.45, 2.75) is 0 Å². The van der Waals surface area contributed by atoms with Crippen LogP contribution in [0.5, 0.6) is 0 Å². The van der Waals surface area contributed by atoms with Crippen LogP contribution in [0.15, 0.2) is 47.1 Å². The zero-order chi connectivity index (χ0) is 15.0. The molecule has 0 aliphatic heterocycles. The second-order valence-corrected chi connectivity index (χ2v) is 5.76. The van der Waals surface area contributed by atoms with Crippen molar-refractivity contribution in [1.82, 2.24) is 4.98 Å². The first-order valence-electron chi connectivity index (χ1n) is 6.18. The van der Waals surface area contributed by atoms with Crippen LogP contribution in [0.1, 0.15) is 10.4 Å². The van der Waals surface area contributed by atoms with Crippen LogP contribution in [0, 0.1) is 0 Å². The zero-order valence-electron chi connectivity index (χ0n) is 10.8. The summed E-state index contributed by atoms with van der Waals surface area (Å²) < 4.78 is 0.657. The molecule has 1 aromatic heterocycles. The van der Waals surface area contributed by atoms with Gasteiger partial charge in [0.15, 0.2) is 0 Å². The minimum Gasteiger partial charge on any atom is -0.399 e. The van der Waals surface area contributed by atoms with Gasteiger partial charge in [0.2, 0.25) is 0 Å². The fraction of sp³-hybridized carbons (Fsp3) is 0. The molecule has 0 radical (unpaired) electrons. The van der Waals surface area contributed by atoms with E-state index in [2.05, 4.69) is 26.2 Å². The molecular weight excluding hydrogens is 354 g/mol. The molecular formula is C15H11BrClN3O. The molecule has 6 heteroatoms. The lowest BCUT2D eigenvalue weighted by atomic mass is 10.1. The summed E-state index contributed by atoms with van der Waals surface area (Å²) in [5, 5.41) is 4.20. The number of aromatic amines is 1. The van der Waals surface area contributed by atoms with Gasteiger partial charge in [-0.3, -0.25) is 4.79 Å². The number of carbonyl (C=O) groups excluding carboxylic acids is 1. The number of nitrogens with one attached hydrogen (secondary N) is 2. The molecule has 0 atom stereocenters. The van der Waals surface area contributed by atoms with Gasteiger partial charge in [0.25, 0.3) is 5.91 Å². The number of amides is 1. The number of anilines is 2. The van der Waals surface area contributed by atoms with Crippen molar-refractivity contribution >= 4 is 55.7 Å². The van der Waals surface area contributed by atoms with Gasteiger partial charge in [-0.05, 0) is 46.3 Å². The van der Waals surface area contributed by atoms with Crippen LogP contribution in [0.25, 0.3) is 10.9 Å². The van der Waals surface area contributed by atoms with E-state index in [1.165, 1.54) is 0 Å². The Balaban J connectivity index is 1.96. The summed E-state index contributed by atoms with van der Waals surface area (Å²) in [6.45, 7) is 0. The van der Waals surface area contributed by atoms with Gasteiger partial charge in [-0.2, -0.15) is 0 Å². The average molecular weight is 365 g/mol. The largest absolute Gasteiger partial charge is 0.399 e. The Morgan fingerprint density at radius 1 is 1.29 bits per heavy atom. The van der Waals surface area contributed by atoms with Crippen LogP contribution in [0.4, 0.5) is 11.4 Å². The molecule has 4 nitrogen and oxygen atoms in total. The Kier molecular flexibility index (Phi) is 3.61. The van der Waals surface area contributed by atoms with Crippen LogP contribution in [-0.2, 0) is 0 Å². The van der Waals surface area contributed by atoms with Gasteiger partial charge in [0.1, 0.15) is 0 Å². The molecule has 21 heavy (non-hydrogen) atoms. The van der Waals surface area contributed by atoms with Gasteiger partial charge in [-0.25, -0.2) is 0 Å². The van der Waals surface area contributed by atoms with E-state index in [9.17, 15) is 4.79 Å². The highest BCUT2D eigenvalue weighted by molar-refractivity contribution is 9.10. The predicted octanol–water partition coefficient (Wildman–Crippen LogP) is 4.42. The molecule has 1 amide bonds. The fourth-order valence-electron chi connectivity index (χ4n) is 2.12. The van der Waals surface area contributed by atoms with Crippen molar-refractivity contribution in [2.24, 2.45) is 0 Å². The summed E-state index contributed by atoms with van der Waals surface area (Å²) in [4.78, 5) is 15.5. The second-order valence-electron chi connectivity index (χ2n) is 4.56. The SMILES string of the molecule is Nc1ccc2c(C(=O)Nc3cccc(Cl)c3Br)c[nH]c2c1. The lowest BCUT2D eigenvalue weighted by molar-refractivity contribution is 0.102. The van der Waals surface area contributed by atoms with E-state index in [1.54, 1.807) is 36.5 Å². The first kappa shape index (κ1) is 14.0. The maximum absolute atomic E-state index is 12.4. The quantitative estimate of drug-likeness (QED) is 0.589. The minimum absolute atomic E-state index is 0.214. The van der Waals surface area contributed by atoms with Crippen molar-refractivity contribution in [3.05, 3.63) is 57.7 Å². The Morgan fingerprint density at radius 3 is 2.90 bits per heavy atom. The Morgan fingerprint density at radius 2 is 2.10 bits per heavy atom. The van der Waals surface area contributed by atoms with Crippen LogP contribution in [0.2, 0.25) is 5.02 Å². The molecule has 3 aromatic rings. The molecule has 0 bridgehead atoms. The molecule has 0 saturated carbocycles. The van der Waals surface area contributed by atoms with Crippen molar-refractivity contribution in [3.8, 4) is 0 Å². The van der Waals surface area contributed by atoms with Gasteiger partial charge in [0.05, 0.1) is 20.7 Å². The minimum atomic E-state index is -0.214. The third-order valence-electron chi connectivity index (χ3n) is 3.15. The van der Waals surface area contributed by atoms with E-state index in [4.69, 9.17) is 17.3 Å². The number of hydrogen-bond donors (Lipinski definition) is 3. The number of carbonyl (C=O) groups is 1. The van der Waals surface area contributed by atoms with Gasteiger partial charge in [-0.15, -0.1) is 0 Å². The van der Waals surface area contributed by atoms with Crippen LogP contribution < -0.4 is 11.1 Å². The Hall–Kier alpha value is -1.98. The molecule has 2 aromatic carbocycles. The number of H-pyrrole nitrogens is 1. The molecule has 1 heterocycles. The van der Waals surface area contributed by atoms with Crippen LogP contribution in [-0.4, -0.2) is 10.9 Å². The molecule has 0 aliphatic rings. The van der Waals surface area contributed by atoms with E-state index in [0.29, 0.717) is 26.4 Å². The number of nitrogen functional groups attached to an aromatic ring is 1. The van der Waals surface area contributed by atoms with Crippen LogP contribution >= 0.6 is 27.5 Å². The highest BCUT2D eigenvalue weighted by Crippen LogP contribution is 2.31. The number of benzene rings is 2. The normalized spacial score (nSPS) is 10.8. The number of aromatic nitrogens is 1. The van der Waals surface area contributed by atoms with E-state index in [-0.39, 0.29) is 5.91 Å². The number of hydrogen-bond acceptors (Lipinski definition) is 2. The van der Waals surface area contributed by atoms with Crippen molar-refractivity contribution in [3.63, 3.8) is 0 Å². The summed E-state index contributed by atoms with van der Waals surface area (Å²) >= 11 is 9.38. The zero-order valence-corrected chi connectivity index (χ0v) is 13.1. The third-order valence-corrected chi connectivity index (χ3v) is 4.55. The molecule has 0 spiro atoms. The first-order chi connectivity index (χ1) is 10.1. The van der Waals surface area contributed by atoms with Gasteiger partial charge < -0.3 is 16.0 Å². The van der Waals surface area contributed by atoms with E-state index in [0.717, 1.165) is 10.9 Å². The van der Waals surface area contributed by atoms with E-state index >= 15 is 0 Å². The van der Waals surface area contributed by atoms with E-state index in [1.807, 2.05) is 6.07 Å². The average Bonchev–Trinajstić information content (AvgIpc) is 2.86. The van der Waals surface area contributed by atoms with Gasteiger partial charge in [0, 0.05) is 22.8 Å². The number of rotatable bonds is 2. The maximum atomic E-state index is 12.4. The number of fused-ring (bicyclic) bond motifs is 1. The summed E-state index contributed by atoms with van der Waals surface area (Å²) in [7, 11) is 0. The topological polar surface area (TPSA) is 70.9 Å². The molecule has 106 valence electrons. The lowest BCUT2D eigenvalue weighted by Crippen LogP contribution is -2.11. The molecule has 0 unspecified atom stereocenters. The number of halogens is 2. The Bertz CT molecular complexity index is 844. The van der Waals surface area contributed by atoms with Gasteiger partial charge >= 0.3 is 0 Å². The van der Waals surface area contributed by atoms with E-state index < -0.39 is 0 Å². The van der Waals surface area contributed by atoms with Gasteiger partial charge in [-0.1, -0.05) is 17.7 Å². The molecule has 4 N–H and O–H groups in total. The smallest absolute Gasteiger partial charge is 0.257 e.